The van der Waals surface area contributed by atoms with E-state index in [1.807, 2.05) is 18.2 Å². The van der Waals surface area contributed by atoms with Crippen LogP contribution in [0.1, 0.15) is 32.0 Å². The molecule has 0 atom stereocenters. The molecule has 4 rings (SSSR count). The van der Waals surface area contributed by atoms with Gasteiger partial charge in [0.2, 0.25) is 0 Å². The summed E-state index contributed by atoms with van der Waals surface area (Å²) in [6, 6.07) is 14.5. The van der Waals surface area contributed by atoms with Crippen LogP contribution in [-0.4, -0.2) is 33.5 Å². The lowest BCUT2D eigenvalue weighted by Gasteiger charge is -2.27. The molecule has 0 bridgehead atoms. The van der Waals surface area contributed by atoms with Gasteiger partial charge in [-0.2, -0.15) is 5.10 Å². The molecule has 6 nitrogen and oxygen atoms in total. The van der Waals surface area contributed by atoms with Gasteiger partial charge in [0, 0.05) is 35.3 Å². The minimum atomic E-state index is -0.480. The fourth-order valence-corrected chi connectivity index (χ4v) is 3.14. The molecular weight excluding hydrogens is 347 g/mol. The van der Waals surface area contributed by atoms with E-state index < -0.39 is 11.7 Å². The predicted octanol–water partition coefficient (Wildman–Crippen LogP) is 3.00. The number of anilines is 1. The van der Waals surface area contributed by atoms with Gasteiger partial charge in [-0.3, -0.25) is 14.7 Å². The minimum absolute atomic E-state index is 0.0649. The maximum atomic E-state index is 13.3. The Morgan fingerprint density at radius 1 is 1.07 bits per heavy atom. The summed E-state index contributed by atoms with van der Waals surface area (Å²) in [7, 11) is 0. The van der Waals surface area contributed by atoms with E-state index in [-0.39, 0.29) is 11.5 Å². The average molecular weight is 364 g/mol. The van der Waals surface area contributed by atoms with Gasteiger partial charge in [0.15, 0.2) is 5.82 Å². The van der Waals surface area contributed by atoms with Gasteiger partial charge < -0.3 is 10.2 Å². The number of rotatable bonds is 3. The molecule has 27 heavy (non-hydrogen) atoms. The van der Waals surface area contributed by atoms with Crippen molar-refractivity contribution in [3.8, 4) is 0 Å². The van der Waals surface area contributed by atoms with Gasteiger partial charge in [-0.1, -0.05) is 24.3 Å². The Hall–Kier alpha value is -3.48. The van der Waals surface area contributed by atoms with Crippen molar-refractivity contribution in [3.05, 3.63) is 82.8 Å². The molecule has 0 saturated carbocycles. The van der Waals surface area contributed by atoms with Crippen molar-refractivity contribution in [1.82, 2.24) is 15.1 Å². The molecule has 0 radical (unpaired) electrons. The van der Waals surface area contributed by atoms with Gasteiger partial charge in [0.25, 0.3) is 11.8 Å². The van der Waals surface area contributed by atoms with Gasteiger partial charge in [0.05, 0.1) is 6.54 Å². The number of aromatic amines is 1. The Balaban J connectivity index is 1.53. The summed E-state index contributed by atoms with van der Waals surface area (Å²) in [6.07, 6.45) is 0.622. The number of hydrogen-bond acceptors (Lipinski definition) is 3. The Labute approximate surface area is 155 Å². The highest BCUT2D eigenvalue weighted by atomic mass is 19.1. The summed E-state index contributed by atoms with van der Waals surface area (Å²) in [5, 5.41) is 9.79. The number of fused-ring (bicyclic) bond motifs is 1. The highest BCUT2D eigenvalue weighted by Gasteiger charge is 2.26. The van der Waals surface area contributed by atoms with E-state index in [9.17, 15) is 14.0 Å². The van der Waals surface area contributed by atoms with Crippen LogP contribution in [0.15, 0.2) is 54.6 Å². The zero-order valence-corrected chi connectivity index (χ0v) is 14.4. The monoisotopic (exact) mass is 364 g/mol. The molecule has 0 fully saturated rings. The number of halogens is 1. The fraction of sp³-hybridized carbons (Fsp3) is 0.150. The fourth-order valence-electron chi connectivity index (χ4n) is 3.14. The summed E-state index contributed by atoms with van der Waals surface area (Å²) < 4.78 is 13.3. The first kappa shape index (κ1) is 17.0. The Bertz CT molecular complexity index is 1000. The molecule has 136 valence electrons. The zero-order chi connectivity index (χ0) is 18.8. The maximum absolute atomic E-state index is 13.3. The van der Waals surface area contributed by atoms with Gasteiger partial charge in [-0.05, 0) is 30.3 Å². The quantitative estimate of drug-likeness (QED) is 0.750. The number of aromatic nitrogens is 2. The zero-order valence-electron chi connectivity index (χ0n) is 14.4. The van der Waals surface area contributed by atoms with E-state index in [1.165, 1.54) is 24.3 Å². The standard InChI is InChI=1S/C20H17FN4O2/c21-15-8-4-7-14(11-15)19(26)22-18-16-12-25(10-9-17(16)23-24-18)20(27)13-5-2-1-3-6-13/h1-8,11H,9-10,12H2,(H2,22,23,24,26). The molecule has 1 aromatic heterocycles. The molecule has 0 spiro atoms. The van der Waals surface area contributed by atoms with Crippen LogP contribution in [0.3, 0.4) is 0 Å². The summed E-state index contributed by atoms with van der Waals surface area (Å²) >= 11 is 0. The molecule has 1 aliphatic rings. The molecule has 1 aliphatic heterocycles. The van der Waals surface area contributed by atoms with E-state index in [2.05, 4.69) is 15.5 Å². The molecule has 2 heterocycles. The topological polar surface area (TPSA) is 78.1 Å². The molecule has 3 aromatic rings. The van der Waals surface area contributed by atoms with E-state index in [0.29, 0.717) is 30.9 Å². The highest BCUT2D eigenvalue weighted by Crippen LogP contribution is 2.25. The molecule has 0 saturated heterocycles. The van der Waals surface area contributed by atoms with Crippen molar-refractivity contribution in [2.45, 2.75) is 13.0 Å². The summed E-state index contributed by atoms with van der Waals surface area (Å²) in [5.41, 5.74) is 2.49. The third kappa shape index (κ3) is 3.44. The second-order valence-corrected chi connectivity index (χ2v) is 6.34. The van der Waals surface area contributed by atoms with Crippen LogP contribution in [-0.2, 0) is 13.0 Å². The van der Waals surface area contributed by atoms with Crippen LogP contribution in [0.2, 0.25) is 0 Å². The molecule has 2 amide bonds. The van der Waals surface area contributed by atoms with Crippen molar-refractivity contribution in [2.24, 2.45) is 0 Å². The average Bonchev–Trinajstić information content (AvgIpc) is 3.10. The maximum Gasteiger partial charge on any atom is 0.256 e. The van der Waals surface area contributed by atoms with Gasteiger partial charge in [-0.25, -0.2) is 4.39 Å². The van der Waals surface area contributed by atoms with Gasteiger partial charge >= 0.3 is 0 Å². The first-order chi connectivity index (χ1) is 13.1. The minimum Gasteiger partial charge on any atom is -0.334 e. The van der Waals surface area contributed by atoms with Crippen molar-refractivity contribution in [2.75, 3.05) is 11.9 Å². The van der Waals surface area contributed by atoms with Gasteiger partial charge in [-0.15, -0.1) is 0 Å². The number of nitrogens with one attached hydrogen (secondary N) is 2. The van der Waals surface area contributed by atoms with Crippen molar-refractivity contribution < 1.29 is 14.0 Å². The summed E-state index contributed by atoms with van der Waals surface area (Å²) in [6.45, 7) is 0.915. The lowest BCUT2D eigenvalue weighted by atomic mass is 10.1. The lowest BCUT2D eigenvalue weighted by Crippen LogP contribution is -2.36. The normalized spacial score (nSPS) is 13.1. The molecule has 0 unspecified atom stereocenters. The third-order valence-corrected chi connectivity index (χ3v) is 4.56. The Morgan fingerprint density at radius 2 is 1.85 bits per heavy atom. The van der Waals surface area contributed by atoms with E-state index >= 15 is 0 Å². The largest absolute Gasteiger partial charge is 0.334 e. The predicted molar refractivity (Wildman–Crippen MR) is 97.8 cm³/mol. The van der Waals surface area contributed by atoms with Crippen LogP contribution in [0.25, 0.3) is 0 Å². The van der Waals surface area contributed by atoms with E-state index in [0.717, 1.165) is 11.3 Å². The van der Waals surface area contributed by atoms with Crippen molar-refractivity contribution >= 4 is 17.6 Å². The van der Waals surface area contributed by atoms with Crippen LogP contribution in [0.4, 0.5) is 10.2 Å². The molecular formula is C20H17FN4O2. The molecule has 7 heteroatoms. The van der Waals surface area contributed by atoms with Crippen LogP contribution in [0, 0.1) is 5.82 Å². The first-order valence-corrected chi connectivity index (χ1v) is 8.59. The van der Waals surface area contributed by atoms with Gasteiger partial charge in [0.1, 0.15) is 5.82 Å². The van der Waals surface area contributed by atoms with Crippen LogP contribution >= 0.6 is 0 Å². The van der Waals surface area contributed by atoms with E-state index in [1.54, 1.807) is 17.0 Å². The smallest absolute Gasteiger partial charge is 0.256 e. The second-order valence-electron chi connectivity index (χ2n) is 6.34. The molecule has 2 N–H and O–H groups in total. The van der Waals surface area contributed by atoms with E-state index in [4.69, 9.17) is 0 Å². The number of carbonyl (C=O) groups is 2. The van der Waals surface area contributed by atoms with Crippen molar-refractivity contribution in [3.63, 3.8) is 0 Å². The second kappa shape index (κ2) is 7.03. The van der Waals surface area contributed by atoms with Crippen LogP contribution < -0.4 is 5.32 Å². The van der Waals surface area contributed by atoms with Crippen LogP contribution in [0.5, 0.6) is 0 Å². The molecule has 2 aromatic carbocycles. The number of amides is 2. The first-order valence-electron chi connectivity index (χ1n) is 8.59. The molecule has 0 aliphatic carbocycles. The Morgan fingerprint density at radius 3 is 2.63 bits per heavy atom. The lowest BCUT2D eigenvalue weighted by molar-refractivity contribution is 0.0734. The number of benzene rings is 2. The van der Waals surface area contributed by atoms with Crippen molar-refractivity contribution in [1.29, 1.82) is 0 Å². The number of hydrogen-bond donors (Lipinski definition) is 2. The number of nitrogens with zero attached hydrogens (tertiary/aromatic N) is 2. The SMILES string of the molecule is O=C(Nc1n[nH]c2c1CN(C(=O)c1ccccc1)CC2)c1cccc(F)c1. The number of H-pyrrole nitrogens is 1. The Kier molecular flexibility index (Phi) is 4.42. The summed E-state index contributed by atoms with van der Waals surface area (Å²) in [4.78, 5) is 26.8. The summed E-state index contributed by atoms with van der Waals surface area (Å²) in [5.74, 6) is -0.628. The third-order valence-electron chi connectivity index (χ3n) is 4.56. The number of carbonyl (C=O) groups excluding carboxylic acids is 2. The highest BCUT2D eigenvalue weighted by molar-refractivity contribution is 6.04.